The molecule has 0 radical (unpaired) electrons. The molecular weight excluding hydrogens is 339 g/mol. The van der Waals surface area contributed by atoms with Gasteiger partial charge in [0.05, 0.1) is 11.9 Å². The molecule has 7 heteroatoms. The number of halogens is 1. The number of hydrogen-bond donors (Lipinski definition) is 2. The van der Waals surface area contributed by atoms with E-state index in [1.165, 1.54) is 23.5 Å². The van der Waals surface area contributed by atoms with E-state index in [1.54, 1.807) is 24.3 Å². The number of carbonyl (C=O) groups is 1. The van der Waals surface area contributed by atoms with Crippen LogP contribution >= 0.6 is 11.3 Å². The van der Waals surface area contributed by atoms with E-state index in [1.807, 2.05) is 17.5 Å². The molecule has 1 amide bonds. The summed E-state index contributed by atoms with van der Waals surface area (Å²) >= 11 is 1.54. The predicted octanol–water partition coefficient (Wildman–Crippen LogP) is 4.01. The third-order valence-electron chi connectivity index (χ3n) is 3.69. The fourth-order valence-corrected chi connectivity index (χ4v) is 3.27. The maximum atomic E-state index is 13.5. The summed E-state index contributed by atoms with van der Waals surface area (Å²) in [6.07, 6.45) is 0.305. The average Bonchev–Trinajstić information content (AvgIpc) is 3.24. The lowest BCUT2D eigenvalue weighted by molar-refractivity contribution is -0.115. The van der Waals surface area contributed by atoms with Gasteiger partial charge < -0.3 is 5.32 Å². The van der Waals surface area contributed by atoms with Crippen molar-refractivity contribution in [3.63, 3.8) is 0 Å². The number of benzene rings is 1. The molecule has 25 heavy (non-hydrogen) atoms. The van der Waals surface area contributed by atoms with Gasteiger partial charge in [0.1, 0.15) is 22.8 Å². The van der Waals surface area contributed by atoms with Crippen molar-refractivity contribution in [2.75, 3.05) is 5.32 Å². The van der Waals surface area contributed by atoms with Crippen molar-refractivity contribution < 1.29 is 9.18 Å². The minimum Gasteiger partial charge on any atom is -0.310 e. The molecule has 0 aliphatic carbocycles. The SMILES string of the molecule is O=C(Cc1cccs1)Nc1ccc2[nH]nc(-c3cccc(F)c3)c2n1. The maximum absolute atomic E-state index is 13.5. The number of anilines is 1. The number of rotatable bonds is 4. The first-order valence-electron chi connectivity index (χ1n) is 7.62. The zero-order chi connectivity index (χ0) is 17.2. The highest BCUT2D eigenvalue weighted by Crippen LogP contribution is 2.26. The van der Waals surface area contributed by atoms with Crippen LogP contribution in [0.1, 0.15) is 4.88 Å². The van der Waals surface area contributed by atoms with E-state index in [9.17, 15) is 9.18 Å². The summed E-state index contributed by atoms with van der Waals surface area (Å²) in [5.41, 5.74) is 2.47. The summed E-state index contributed by atoms with van der Waals surface area (Å²) < 4.78 is 13.5. The highest BCUT2D eigenvalue weighted by Gasteiger charge is 2.12. The largest absolute Gasteiger partial charge is 0.310 e. The molecule has 0 bridgehead atoms. The number of amides is 1. The van der Waals surface area contributed by atoms with Crippen molar-refractivity contribution in [2.24, 2.45) is 0 Å². The Kier molecular flexibility index (Phi) is 3.99. The number of hydrogen-bond acceptors (Lipinski definition) is 4. The van der Waals surface area contributed by atoms with Gasteiger partial charge in [-0.1, -0.05) is 18.2 Å². The number of thiophene rings is 1. The van der Waals surface area contributed by atoms with Crippen LogP contribution in [-0.2, 0) is 11.2 Å². The highest BCUT2D eigenvalue weighted by molar-refractivity contribution is 7.10. The summed E-state index contributed by atoms with van der Waals surface area (Å²) in [5.74, 6) is -0.0349. The monoisotopic (exact) mass is 352 g/mol. The molecule has 0 saturated heterocycles. The van der Waals surface area contributed by atoms with Crippen molar-refractivity contribution in [3.8, 4) is 11.3 Å². The molecule has 0 spiro atoms. The molecule has 2 N–H and O–H groups in total. The van der Waals surface area contributed by atoms with Gasteiger partial charge >= 0.3 is 0 Å². The zero-order valence-electron chi connectivity index (χ0n) is 13.0. The van der Waals surface area contributed by atoms with Gasteiger partial charge in [-0.15, -0.1) is 11.3 Å². The Morgan fingerprint density at radius 1 is 1.20 bits per heavy atom. The van der Waals surface area contributed by atoms with Gasteiger partial charge in [0, 0.05) is 10.4 Å². The summed E-state index contributed by atoms with van der Waals surface area (Å²) in [7, 11) is 0. The van der Waals surface area contributed by atoms with Crippen LogP contribution in [0.5, 0.6) is 0 Å². The second kappa shape index (κ2) is 6.45. The third kappa shape index (κ3) is 3.27. The van der Waals surface area contributed by atoms with E-state index in [-0.39, 0.29) is 11.7 Å². The molecule has 3 aromatic heterocycles. The van der Waals surface area contributed by atoms with Crippen molar-refractivity contribution >= 4 is 34.1 Å². The number of pyridine rings is 1. The lowest BCUT2D eigenvalue weighted by Crippen LogP contribution is -2.14. The Hall–Kier alpha value is -3.06. The molecule has 124 valence electrons. The normalized spacial score (nSPS) is 10.9. The van der Waals surface area contributed by atoms with Gasteiger partial charge in [-0.2, -0.15) is 5.10 Å². The van der Waals surface area contributed by atoms with Crippen LogP contribution < -0.4 is 5.32 Å². The van der Waals surface area contributed by atoms with Crippen LogP contribution in [0.25, 0.3) is 22.3 Å². The summed E-state index contributed by atoms with van der Waals surface area (Å²) in [6, 6.07) is 13.5. The fourth-order valence-electron chi connectivity index (χ4n) is 2.56. The second-order valence-corrected chi connectivity index (χ2v) is 6.51. The molecule has 0 saturated carbocycles. The van der Waals surface area contributed by atoms with Crippen molar-refractivity contribution in [1.29, 1.82) is 0 Å². The molecule has 0 aliphatic heterocycles. The maximum Gasteiger partial charge on any atom is 0.230 e. The molecule has 4 aromatic rings. The lowest BCUT2D eigenvalue weighted by atomic mass is 10.1. The van der Waals surface area contributed by atoms with E-state index < -0.39 is 0 Å². The van der Waals surface area contributed by atoms with E-state index in [2.05, 4.69) is 20.5 Å². The van der Waals surface area contributed by atoms with E-state index in [0.29, 0.717) is 29.0 Å². The minimum atomic E-state index is -0.339. The van der Waals surface area contributed by atoms with Gasteiger partial charge in [0.25, 0.3) is 0 Å². The van der Waals surface area contributed by atoms with Crippen LogP contribution in [0.3, 0.4) is 0 Å². The van der Waals surface area contributed by atoms with Crippen molar-refractivity contribution in [3.05, 3.63) is 64.6 Å². The Morgan fingerprint density at radius 3 is 2.92 bits per heavy atom. The van der Waals surface area contributed by atoms with Crippen molar-refractivity contribution in [1.82, 2.24) is 15.2 Å². The number of nitrogens with zero attached hydrogens (tertiary/aromatic N) is 2. The number of H-pyrrole nitrogens is 1. The van der Waals surface area contributed by atoms with Gasteiger partial charge in [0.15, 0.2) is 0 Å². The second-order valence-electron chi connectivity index (χ2n) is 5.48. The average molecular weight is 352 g/mol. The molecule has 0 atom stereocenters. The third-order valence-corrected chi connectivity index (χ3v) is 4.56. The molecule has 0 aliphatic rings. The predicted molar refractivity (Wildman–Crippen MR) is 95.9 cm³/mol. The number of aromatic nitrogens is 3. The molecule has 0 unspecified atom stereocenters. The highest BCUT2D eigenvalue weighted by atomic mass is 32.1. The molecule has 1 aromatic carbocycles. The van der Waals surface area contributed by atoms with Gasteiger partial charge in [0.2, 0.25) is 5.91 Å². The summed E-state index contributed by atoms with van der Waals surface area (Å²) in [4.78, 5) is 17.6. The lowest BCUT2D eigenvalue weighted by Gasteiger charge is -2.04. The Bertz CT molecular complexity index is 1040. The molecule has 0 fully saturated rings. The Morgan fingerprint density at radius 2 is 2.12 bits per heavy atom. The smallest absolute Gasteiger partial charge is 0.230 e. The van der Waals surface area contributed by atoms with E-state index in [4.69, 9.17) is 0 Å². The summed E-state index contributed by atoms with van der Waals surface area (Å²) in [5, 5.41) is 11.8. The van der Waals surface area contributed by atoms with Gasteiger partial charge in [-0.3, -0.25) is 9.89 Å². The first-order valence-corrected chi connectivity index (χ1v) is 8.50. The Labute approximate surface area is 146 Å². The molecule has 4 rings (SSSR count). The first kappa shape index (κ1) is 15.5. The van der Waals surface area contributed by atoms with Crippen molar-refractivity contribution in [2.45, 2.75) is 6.42 Å². The zero-order valence-corrected chi connectivity index (χ0v) is 13.8. The molecule has 3 heterocycles. The minimum absolute atomic E-state index is 0.134. The van der Waals surface area contributed by atoms with Gasteiger partial charge in [-0.05, 0) is 35.7 Å². The fraction of sp³-hybridized carbons (Fsp3) is 0.0556. The number of carbonyl (C=O) groups excluding carboxylic acids is 1. The topological polar surface area (TPSA) is 70.7 Å². The van der Waals surface area contributed by atoms with Crippen LogP contribution in [0.4, 0.5) is 10.2 Å². The quantitative estimate of drug-likeness (QED) is 0.583. The summed E-state index contributed by atoms with van der Waals surface area (Å²) in [6.45, 7) is 0. The standard InChI is InChI=1S/C18H13FN4OS/c19-12-4-1-3-11(9-12)17-18-14(22-23-17)6-7-15(21-18)20-16(24)10-13-5-2-8-25-13/h1-9H,10H2,(H,22,23)(H,20,21,24). The first-order chi connectivity index (χ1) is 12.2. The van der Waals surface area contributed by atoms with Crippen LogP contribution in [0, 0.1) is 5.82 Å². The van der Waals surface area contributed by atoms with Crippen LogP contribution in [0.15, 0.2) is 53.9 Å². The number of nitrogens with one attached hydrogen (secondary N) is 2. The molecule has 5 nitrogen and oxygen atoms in total. The van der Waals surface area contributed by atoms with Crippen LogP contribution in [-0.4, -0.2) is 21.1 Å². The van der Waals surface area contributed by atoms with E-state index >= 15 is 0 Å². The Balaban J connectivity index is 1.63. The van der Waals surface area contributed by atoms with Crippen LogP contribution in [0.2, 0.25) is 0 Å². The molecular formula is C18H13FN4OS. The van der Waals surface area contributed by atoms with E-state index in [0.717, 1.165) is 10.4 Å². The van der Waals surface area contributed by atoms with Gasteiger partial charge in [-0.25, -0.2) is 9.37 Å². The number of aromatic amines is 1. The number of fused-ring (bicyclic) bond motifs is 1.